The zero-order chi connectivity index (χ0) is 19.3. The molecule has 1 unspecified atom stereocenters. The lowest BCUT2D eigenvalue weighted by molar-refractivity contribution is 0.178. The molecule has 0 spiro atoms. The molecule has 7 heteroatoms. The van der Waals surface area contributed by atoms with Gasteiger partial charge in [-0.1, -0.05) is 18.2 Å². The van der Waals surface area contributed by atoms with Gasteiger partial charge in [0.25, 0.3) is 0 Å². The maximum Gasteiger partial charge on any atom is 0.317 e. The molecule has 1 aromatic carbocycles. The van der Waals surface area contributed by atoms with Crippen molar-refractivity contribution in [1.82, 2.24) is 25.4 Å². The number of nitrogens with one attached hydrogen (secondary N) is 2. The maximum atomic E-state index is 12.6. The molecule has 7 nitrogen and oxygen atoms in total. The molecule has 28 heavy (non-hydrogen) atoms. The largest absolute Gasteiger partial charge is 0.371 e. The van der Waals surface area contributed by atoms with Crippen molar-refractivity contribution in [1.29, 1.82) is 0 Å². The molecule has 0 bridgehead atoms. The average Bonchev–Trinajstić information content (AvgIpc) is 3.17. The summed E-state index contributed by atoms with van der Waals surface area (Å²) in [6.07, 6.45) is 5.37. The predicted octanol–water partition coefficient (Wildman–Crippen LogP) is 2.85. The molecule has 150 valence electrons. The number of H-pyrrole nitrogens is 1. The van der Waals surface area contributed by atoms with E-state index in [1.807, 2.05) is 11.8 Å². The van der Waals surface area contributed by atoms with E-state index in [2.05, 4.69) is 49.7 Å². The summed E-state index contributed by atoms with van der Waals surface area (Å²) < 4.78 is 0. The van der Waals surface area contributed by atoms with Crippen LogP contribution in [0, 0.1) is 6.92 Å². The minimum Gasteiger partial charge on any atom is -0.371 e. The molecule has 1 aromatic heterocycles. The second kappa shape index (κ2) is 8.63. The number of benzene rings is 1. The fourth-order valence-electron chi connectivity index (χ4n) is 4.34. The molecule has 0 aliphatic carbocycles. The van der Waals surface area contributed by atoms with Crippen molar-refractivity contribution in [3.8, 4) is 0 Å². The lowest BCUT2D eigenvalue weighted by atomic mass is 9.98. The second-order valence-corrected chi connectivity index (χ2v) is 7.87. The van der Waals surface area contributed by atoms with Crippen molar-refractivity contribution in [2.24, 2.45) is 0 Å². The van der Waals surface area contributed by atoms with Crippen LogP contribution < -0.4 is 10.2 Å². The third kappa shape index (κ3) is 4.29. The first-order valence-corrected chi connectivity index (χ1v) is 10.5. The Hall–Kier alpha value is -2.57. The highest BCUT2D eigenvalue weighted by molar-refractivity contribution is 5.74. The van der Waals surface area contributed by atoms with Gasteiger partial charge in [-0.15, -0.1) is 0 Å². The molecule has 3 heterocycles. The van der Waals surface area contributed by atoms with Crippen LogP contribution in [0.2, 0.25) is 0 Å². The number of fused-ring (bicyclic) bond motifs is 1. The maximum absolute atomic E-state index is 12.6. The summed E-state index contributed by atoms with van der Waals surface area (Å²) in [4.78, 5) is 21.4. The molecule has 1 fully saturated rings. The summed E-state index contributed by atoms with van der Waals surface area (Å²) in [6, 6.07) is 8.71. The topological polar surface area (TPSA) is 77.2 Å². The number of amides is 2. The average molecular weight is 383 g/mol. The molecule has 2 amide bonds. The van der Waals surface area contributed by atoms with Crippen LogP contribution in [0.1, 0.15) is 48.8 Å². The summed E-state index contributed by atoms with van der Waals surface area (Å²) >= 11 is 0. The van der Waals surface area contributed by atoms with Gasteiger partial charge in [-0.25, -0.2) is 9.78 Å². The summed E-state index contributed by atoms with van der Waals surface area (Å²) in [7, 11) is 0. The number of aromatic nitrogens is 3. The Morgan fingerprint density at radius 1 is 1.29 bits per heavy atom. The van der Waals surface area contributed by atoms with Gasteiger partial charge in [0.2, 0.25) is 0 Å². The first kappa shape index (κ1) is 18.8. The number of anilines is 1. The van der Waals surface area contributed by atoms with Gasteiger partial charge in [0, 0.05) is 44.3 Å². The van der Waals surface area contributed by atoms with E-state index in [1.165, 1.54) is 24.1 Å². The van der Waals surface area contributed by atoms with Gasteiger partial charge < -0.3 is 15.1 Å². The molecule has 2 N–H and O–H groups in total. The smallest absolute Gasteiger partial charge is 0.317 e. The number of likely N-dealkylation sites (tertiary alicyclic amines) is 1. The van der Waals surface area contributed by atoms with Crippen LogP contribution in [0.3, 0.4) is 0 Å². The molecule has 0 saturated carbocycles. The first-order valence-electron chi connectivity index (χ1n) is 10.5. The van der Waals surface area contributed by atoms with E-state index >= 15 is 0 Å². The normalized spacial score (nSPS) is 19.4. The van der Waals surface area contributed by atoms with Crippen LogP contribution in [-0.2, 0) is 6.42 Å². The molecule has 4 rings (SSSR count). The fraction of sp³-hybridized carbons (Fsp3) is 0.571. The number of piperidine rings is 1. The minimum absolute atomic E-state index is 0.0380. The number of hydrogen-bond acceptors (Lipinski definition) is 4. The molecular weight excluding hydrogens is 352 g/mol. The highest BCUT2D eigenvalue weighted by Gasteiger charge is 2.27. The molecular formula is C21H30N6O. The lowest BCUT2D eigenvalue weighted by Crippen LogP contribution is -2.45. The summed E-state index contributed by atoms with van der Waals surface area (Å²) in [5, 5.41) is 10.3. The Kier molecular flexibility index (Phi) is 5.78. The Labute approximate surface area is 166 Å². The summed E-state index contributed by atoms with van der Waals surface area (Å²) in [6.45, 7) is 6.21. The number of carbonyl (C=O) groups is 1. The van der Waals surface area contributed by atoms with Crippen molar-refractivity contribution in [2.45, 2.75) is 44.9 Å². The van der Waals surface area contributed by atoms with Gasteiger partial charge in [0.15, 0.2) is 5.82 Å². The third-order valence-corrected chi connectivity index (χ3v) is 5.78. The van der Waals surface area contributed by atoms with E-state index in [0.29, 0.717) is 13.1 Å². The van der Waals surface area contributed by atoms with Crippen molar-refractivity contribution in [2.75, 3.05) is 37.6 Å². The van der Waals surface area contributed by atoms with Crippen LogP contribution >= 0.6 is 0 Å². The number of urea groups is 1. The minimum atomic E-state index is 0.0380. The fourth-order valence-corrected chi connectivity index (χ4v) is 4.34. The number of hydrogen-bond donors (Lipinski definition) is 2. The van der Waals surface area contributed by atoms with E-state index in [0.717, 1.165) is 50.5 Å². The first-order chi connectivity index (χ1) is 13.7. The van der Waals surface area contributed by atoms with Gasteiger partial charge >= 0.3 is 6.03 Å². The van der Waals surface area contributed by atoms with Crippen molar-refractivity contribution in [3.63, 3.8) is 0 Å². The Balaban J connectivity index is 1.23. The zero-order valence-corrected chi connectivity index (χ0v) is 16.7. The second-order valence-electron chi connectivity index (χ2n) is 7.87. The summed E-state index contributed by atoms with van der Waals surface area (Å²) in [5.41, 5.74) is 2.81. The number of aromatic amines is 1. The highest BCUT2D eigenvalue weighted by Crippen LogP contribution is 2.27. The molecule has 0 radical (unpaired) electrons. The molecule has 2 aromatic rings. The third-order valence-electron chi connectivity index (χ3n) is 5.78. The molecule has 2 aliphatic heterocycles. The van der Waals surface area contributed by atoms with Crippen LogP contribution in [-0.4, -0.2) is 58.8 Å². The molecule has 2 aliphatic rings. The van der Waals surface area contributed by atoms with E-state index < -0.39 is 0 Å². The van der Waals surface area contributed by atoms with Crippen molar-refractivity contribution < 1.29 is 4.79 Å². The van der Waals surface area contributed by atoms with E-state index in [-0.39, 0.29) is 11.9 Å². The lowest BCUT2D eigenvalue weighted by Gasteiger charge is -2.32. The van der Waals surface area contributed by atoms with E-state index in [9.17, 15) is 4.79 Å². The number of para-hydroxylation sites is 1. The molecule has 1 saturated heterocycles. The highest BCUT2D eigenvalue weighted by atomic mass is 16.2. The zero-order valence-electron chi connectivity index (χ0n) is 16.7. The Morgan fingerprint density at radius 3 is 3.04 bits per heavy atom. The van der Waals surface area contributed by atoms with E-state index in [4.69, 9.17) is 0 Å². The summed E-state index contributed by atoms with van der Waals surface area (Å²) in [5.74, 6) is 1.89. The van der Waals surface area contributed by atoms with Crippen molar-refractivity contribution in [3.05, 3.63) is 41.5 Å². The number of aryl methyl sites for hydroxylation is 2. The standard InChI is InChI=1S/C21H30N6O/c1-16-23-20(25-24-16)18-9-5-13-27(15-18)21(28)22-11-6-14-26-12-4-8-17-7-2-3-10-19(17)26/h2-3,7,10,18H,4-6,8-9,11-15H2,1H3,(H,22,28)(H,23,24,25). The Morgan fingerprint density at radius 2 is 2.18 bits per heavy atom. The van der Waals surface area contributed by atoms with Crippen LogP contribution in [0.4, 0.5) is 10.5 Å². The van der Waals surface area contributed by atoms with Gasteiger partial charge in [0.05, 0.1) is 0 Å². The monoisotopic (exact) mass is 382 g/mol. The van der Waals surface area contributed by atoms with Crippen molar-refractivity contribution >= 4 is 11.7 Å². The SMILES string of the molecule is Cc1nc(C2CCCN(C(=O)NCCCN3CCCc4ccccc43)C2)n[nH]1. The van der Waals surface area contributed by atoms with Gasteiger partial charge in [0.1, 0.15) is 5.82 Å². The van der Waals surface area contributed by atoms with Gasteiger partial charge in [-0.3, -0.25) is 5.10 Å². The van der Waals surface area contributed by atoms with E-state index in [1.54, 1.807) is 0 Å². The predicted molar refractivity (Wildman–Crippen MR) is 110 cm³/mol. The van der Waals surface area contributed by atoms with Gasteiger partial charge in [-0.2, -0.15) is 5.10 Å². The van der Waals surface area contributed by atoms with Crippen LogP contribution in [0.5, 0.6) is 0 Å². The van der Waals surface area contributed by atoms with Crippen LogP contribution in [0.25, 0.3) is 0 Å². The van der Waals surface area contributed by atoms with Crippen LogP contribution in [0.15, 0.2) is 24.3 Å². The Bertz CT molecular complexity index is 804. The number of carbonyl (C=O) groups excluding carboxylic acids is 1. The number of nitrogens with zero attached hydrogens (tertiary/aromatic N) is 4. The number of rotatable bonds is 5. The quantitative estimate of drug-likeness (QED) is 0.780. The van der Waals surface area contributed by atoms with Gasteiger partial charge in [-0.05, 0) is 50.7 Å². The molecule has 1 atom stereocenters.